The van der Waals surface area contributed by atoms with Crippen LogP contribution in [0.3, 0.4) is 0 Å². The molecule has 3 heteroatoms. The molecule has 0 N–H and O–H groups in total. The molecule has 0 aliphatic carbocycles. The van der Waals surface area contributed by atoms with Crippen molar-refractivity contribution in [2.24, 2.45) is 9.98 Å². The average molecular weight is 174 g/mol. The highest BCUT2D eigenvalue weighted by molar-refractivity contribution is 5.94. The maximum atomic E-state index is 5.29. The second-order valence-electron chi connectivity index (χ2n) is 2.85. The molecule has 13 heavy (non-hydrogen) atoms. The Kier molecular flexibility index (Phi) is 1.85. The predicted octanol–water partition coefficient (Wildman–Crippen LogP) is 2.82. The van der Waals surface area contributed by atoms with Gasteiger partial charge in [0.25, 0.3) is 0 Å². The Balaban J connectivity index is 2.60. The summed E-state index contributed by atoms with van der Waals surface area (Å²) in [5.74, 6) is 1.26. The summed E-state index contributed by atoms with van der Waals surface area (Å²) in [7, 11) is 0. The lowest BCUT2D eigenvalue weighted by Crippen LogP contribution is -2.03. The molecule has 0 saturated heterocycles. The lowest BCUT2D eigenvalue weighted by atomic mass is 10.3. The van der Waals surface area contributed by atoms with Gasteiger partial charge in [-0.25, -0.2) is 9.98 Å². The van der Waals surface area contributed by atoms with Crippen LogP contribution in [-0.2, 0) is 4.74 Å². The summed E-state index contributed by atoms with van der Waals surface area (Å²) in [6, 6.07) is 7.71. The lowest BCUT2D eigenvalue weighted by molar-refractivity contribution is 0.539. The highest BCUT2D eigenvalue weighted by Gasteiger charge is 2.06. The van der Waals surface area contributed by atoms with Crippen molar-refractivity contribution in [2.45, 2.75) is 13.8 Å². The van der Waals surface area contributed by atoms with Crippen LogP contribution in [0.25, 0.3) is 0 Å². The normalized spacial score (nSPS) is 14.9. The molecule has 66 valence electrons. The molecule has 3 nitrogen and oxygen atoms in total. The minimum atomic E-state index is 0.631. The molecule has 2 rings (SSSR count). The van der Waals surface area contributed by atoms with Crippen LogP contribution in [0.2, 0.25) is 0 Å². The van der Waals surface area contributed by atoms with E-state index in [1.165, 1.54) is 0 Å². The summed E-state index contributed by atoms with van der Waals surface area (Å²) in [6.45, 7) is 3.64. The van der Waals surface area contributed by atoms with Crippen molar-refractivity contribution in [3.05, 3.63) is 24.3 Å². The lowest BCUT2D eigenvalue weighted by Gasteiger charge is -1.97. The molecule has 1 heterocycles. The molecule has 0 radical (unpaired) electrons. The molecule has 1 aromatic rings. The van der Waals surface area contributed by atoms with Gasteiger partial charge in [-0.3, -0.25) is 0 Å². The van der Waals surface area contributed by atoms with E-state index >= 15 is 0 Å². The monoisotopic (exact) mass is 174 g/mol. The van der Waals surface area contributed by atoms with Gasteiger partial charge in [0.2, 0.25) is 0 Å². The first-order chi connectivity index (χ1) is 6.25. The van der Waals surface area contributed by atoms with Gasteiger partial charge in [0.05, 0.1) is 11.4 Å². The van der Waals surface area contributed by atoms with E-state index in [9.17, 15) is 0 Å². The first kappa shape index (κ1) is 7.98. The fraction of sp³-hybridized carbons (Fsp3) is 0.200. The number of hydrogen-bond acceptors (Lipinski definition) is 3. The topological polar surface area (TPSA) is 34.0 Å². The third-order valence-electron chi connectivity index (χ3n) is 1.73. The summed E-state index contributed by atoms with van der Waals surface area (Å²) in [5, 5.41) is 0. The average Bonchev–Trinajstić information content (AvgIpc) is 2.20. The van der Waals surface area contributed by atoms with E-state index in [1.54, 1.807) is 0 Å². The van der Waals surface area contributed by atoms with Crippen LogP contribution in [0, 0.1) is 0 Å². The van der Waals surface area contributed by atoms with Gasteiger partial charge in [-0.1, -0.05) is 12.1 Å². The molecule has 1 aromatic carbocycles. The van der Waals surface area contributed by atoms with Gasteiger partial charge in [0.15, 0.2) is 11.8 Å². The minimum Gasteiger partial charge on any atom is -0.429 e. The van der Waals surface area contributed by atoms with Gasteiger partial charge >= 0.3 is 0 Å². The molecule has 1 aliphatic rings. The summed E-state index contributed by atoms with van der Waals surface area (Å²) >= 11 is 0. The maximum Gasteiger partial charge on any atom is 0.193 e. The zero-order chi connectivity index (χ0) is 9.26. The summed E-state index contributed by atoms with van der Waals surface area (Å²) in [6.07, 6.45) is 0. The summed E-state index contributed by atoms with van der Waals surface area (Å²) in [5.41, 5.74) is 1.72. The molecular weight excluding hydrogens is 164 g/mol. The van der Waals surface area contributed by atoms with E-state index in [2.05, 4.69) is 9.98 Å². The van der Waals surface area contributed by atoms with E-state index in [-0.39, 0.29) is 0 Å². The van der Waals surface area contributed by atoms with Gasteiger partial charge in [-0.15, -0.1) is 0 Å². The van der Waals surface area contributed by atoms with Crippen LogP contribution >= 0.6 is 0 Å². The molecule has 0 saturated carbocycles. The fourth-order valence-electron chi connectivity index (χ4n) is 1.25. The first-order valence-corrected chi connectivity index (χ1v) is 4.13. The highest BCUT2D eigenvalue weighted by atomic mass is 16.5. The van der Waals surface area contributed by atoms with Crippen molar-refractivity contribution in [3.63, 3.8) is 0 Å². The second-order valence-corrected chi connectivity index (χ2v) is 2.85. The molecule has 0 fully saturated rings. The van der Waals surface area contributed by atoms with Crippen molar-refractivity contribution in [2.75, 3.05) is 0 Å². The highest BCUT2D eigenvalue weighted by Crippen LogP contribution is 2.29. The SMILES string of the molecule is CC1=Nc2ccccc2N=C(C)O1. The van der Waals surface area contributed by atoms with Crippen LogP contribution in [0.15, 0.2) is 34.3 Å². The van der Waals surface area contributed by atoms with Crippen molar-refractivity contribution in [1.29, 1.82) is 0 Å². The molecule has 0 amide bonds. The number of benzene rings is 1. The molecule has 1 aliphatic heterocycles. The molecular formula is C10H10N2O. The number of para-hydroxylation sites is 2. The fourth-order valence-corrected chi connectivity index (χ4v) is 1.25. The third kappa shape index (κ3) is 1.59. The molecule has 0 aromatic heterocycles. The number of nitrogens with zero attached hydrogens (tertiary/aromatic N) is 2. The number of hydrogen-bond donors (Lipinski definition) is 0. The van der Waals surface area contributed by atoms with Crippen molar-refractivity contribution < 1.29 is 4.74 Å². The van der Waals surface area contributed by atoms with Gasteiger partial charge < -0.3 is 4.74 Å². The van der Waals surface area contributed by atoms with Gasteiger partial charge in [-0.2, -0.15) is 0 Å². The second kappa shape index (κ2) is 3.01. The van der Waals surface area contributed by atoms with E-state index in [4.69, 9.17) is 4.74 Å². The number of fused-ring (bicyclic) bond motifs is 1. The number of rotatable bonds is 0. The summed E-state index contributed by atoms with van der Waals surface area (Å²) < 4.78 is 5.29. The van der Waals surface area contributed by atoms with E-state index in [0.29, 0.717) is 11.8 Å². The Morgan fingerprint density at radius 1 is 0.923 bits per heavy atom. The largest absolute Gasteiger partial charge is 0.429 e. The Labute approximate surface area is 76.8 Å². The molecule has 0 atom stereocenters. The van der Waals surface area contributed by atoms with Crippen molar-refractivity contribution in [1.82, 2.24) is 0 Å². The van der Waals surface area contributed by atoms with Crippen LogP contribution in [-0.4, -0.2) is 11.8 Å². The van der Waals surface area contributed by atoms with Crippen LogP contribution in [0.5, 0.6) is 0 Å². The predicted molar refractivity (Wildman–Crippen MR) is 53.1 cm³/mol. The van der Waals surface area contributed by atoms with Gasteiger partial charge in [0.1, 0.15) is 0 Å². The smallest absolute Gasteiger partial charge is 0.193 e. The maximum absolute atomic E-state index is 5.29. The third-order valence-corrected chi connectivity index (χ3v) is 1.73. The number of ether oxygens (including phenoxy) is 1. The standard InChI is InChI=1S/C10H10N2O/c1-7-11-9-5-3-4-6-10(9)12-8(2)13-7/h3-6H,1-2H3. The van der Waals surface area contributed by atoms with Crippen molar-refractivity contribution >= 4 is 23.2 Å². The van der Waals surface area contributed by atoms with E-state index < -0.39 is 0 Å². The zero-order valence-corrected chi connectivity index (χ0v) is 7.61. The molecule has 0 bridgehead atoms. The number of aliphatic imine (C=N–C) groups is 2. The Bertz CT molecular complexity index is 357. The van der Waals surface area contributed by atoms with E-state index in [1.807, 2.05) is 38.1 Å². The van der Waals surface area contributed by atoms with Gasteiger partial charge in [0, 0.05) is 13.8 Å². The molecule has 0 spiro atoms. The van der Waals surface area contributed by atoms with Crippen LogP contribution < -0.4 is 0 Å². The van der Waals surface area contributed by atoms with Crippen molar-refractivity contribution in [3.8, 4) is 0 Å². The Hall–Kier alpha value is -1.64. The van der Waals surface area contributed by atoms with Crippen LogP contribution in [0.1, 0.15) is 13.8 Å². The van der Waals surface area contributed by atoms with Crippen LogP contribution in [0.4, 0.5) is 11.4 Å². The zero-order valence-electron chi connectivity index (χ0n) is 7.61. The van der Waals surface area contributed by atoms with E-state index in [0.717, 1.165) is 11.4 Å². The minimum absolute atomic E-state index is 0.631. The Morgan fingerprint density at radius 3 is 1.85 bits per heavy atom. The first-order valence-electron chi connectivity index (χ1n) is 4.13. The Morgan fingerprint density at radius 2 is 1.38 bits per heavy atom. The quantitative estimate of drug-likeness (QED) is 0.595. The summed E-state index contributed by atoms with van der Waals surface area (Å²) in [4.78, 5) is 8.54. The molecule has 0 unspecified atom stereocenters. The van der Waals surface area contributed by atoms with Gasteiger partial charge in [-0.05, 0) is 12.1 Å².